The Bertz CT molecular complexity index is 747. The molecule has 0 aliphatic rings. The highest BCUT2D eigenvalue weighted by atomic mass is 79.9. The molecule has 2 aromatic carbocycles. The van der Waals surface area contributed by atoms with Crippen molar-refractivity contribution in [3.63, 3.8) is 0 Å². The standard InChI is InChI=1S/C18H17BrO5/c1-11-6-14(19)7-12(2)18(11)23-10-17(21)24-15-5-4-13(9-20)8-16(15)22-3/h4-9H,10H2,1-3H3. The predicted octanol–water partition coefficient (Wildman–Crippen LogP) is 3.87. The molecule has 0 spiro atoms. The Hall–Kier alpha value is -2.34. The molecule has 0 N–H and O–H groups in total. The Labute approximate surface area is 148 Å². The first-order chi connectivity index (χ1) is 11.4. The van der Waals surface area contributed by atoms with E-state index in [0.29, 0.717) is 23.3 Å². The minimum Gasteiger partial charge on any atom is -0.493 e. The summed E-state index contributed by atoms with van der Waals surface area (Å²) in [6.07, 6.45) is 0.691. The van der Waals surface area contributed by atoms with Gasteiger partial charge in [0.25, 0.3) is 0 Å². The summed E-state index contributed by atoms with van der Waals surface area (Å²) in [5.41, 5.74) is 2.27. The van der Waals surface area contributed by atoms with Gasteiger partial charge in [-0.05, 0) is 55.3 Å². The number of carbonyl (C=O) groups excluding carboxylic acids is 2. The molecule has 0 unspecified atom stereocenters. The summed E-state index contributed by atoms with van der Waals surface area (Å²) >= 11 is 3.41. The largest absolute Gasteiger partial charge is 0.493 e. The quantitative estimate of drug-likeness (QED) is 0.424. The lowest BCUT2D eigenvalue weighted by molar-refractivity contribution is -0.136. The number of ether oxygens (including phenoxy) is 3. The van der Waals surface area contributed by atoms with Crippen LogP contribution in [0.5, 0.6) is 17.2 Å². The lowest BCUT2D eigenvalue weighted by Gasteiger charge is -2.13. The van der Waals surface area contributed by atoms with E-state index in [1.54, 1.807) is 6.07 Å². The van der Waals surface area contributed by atoms with E-state index in [9.17, 15) is 9.59 Å². The van der Waals surface area contributed by atoms with Crippen LogP contribution in [-0.2, 0) is 4.79 Å². The molecule has 126 valence electrons. The van der Waals surface area contributed by atoms with Crippen LogP contribution in [0.25, 0.3) is 0 Å². The van der Waals surface area contributed by atoms with E-state index in [0.717, 1.165) is 15.6 Å². The second kappa shape index (κ2) is 7.97. The van der Waals surface area contributed by atoms with Gasteiger partial charge in [-0.1, -0.05) is 15.9 Å². The van der Waals surface area contributed by atoms with Gasteiger partial charge >= 0.3 is 5.97 Å². The maximum Gasteiger partial charge on any atom is 0.349 e. The van der Waals surface area contributed by atoms with Crippen LogP contribution in [0.2, 0.25) is 0 Å². The predicted molar refractivity (Wildman–Crippen MR) is 93.1 cm³/mol. The molecule has 0 heterocycles. The van der Waals surface area contributed by atoms with Crippen molar-refractivity contribution in [1.82, 2.24) is 0 Å². The number of benzene rings is 2. The molecule has 0 bridgehead atoms. The van der Waals surface area contributed by atoms with Gasteiger partial charge in [-0.2, -0.15) is 0 Å². The molecule has 2 aromatic rings. The average Bonchev–Trinajstić information content (AvgIpc) is 2.54. The lowest BCUT2D eigenvalue weighted by Crippen LogP contribution is -2.18. The van der Waals surface area contributed by atoms with Gasteiger partial charge in [-0.15, -0.1) is 0 Å². The van der Waals surface area contributed by atoms with Gasteiger partial charge in [0, 0.05) is 10.0 Å². The molecule has 6 heteroatoms. The fourth-order valence-corrected chi connectivity index (χ4v) is 2.94. The average molecular weight is 393 g/mol. The molecule has 0 fully saturated rings. The van der Waals surface area contributed by atoms with Crippen LogP contribution in [0.4, 0.5) is 0 Å². The molecular formula is C18H17BrO5. The lowest BCUT2D eigenvalue weighted by atomic mass is 10.1. The van der Waals surface area contributed by atoms with Crippen molar-refractivity contribution in [2.75, 3.05) is 13.7 Å². The number of methoxy groups -OCH3 is 1. The van der Waals surface area contributed by atoms with E-state index in [1.807, 2.05) is 26.0 Å². The Balaban J connectivity index is 2.05. The zero-order valence-electron chi connectivity index (χ0n) is 13.6. The van der Waals surface area contributed by atoms with Crippen LogP contribution in [0.15, 0.2) is 34.8 Å². The van der Waals surface area contributed by atoms with Crippen LogP contribution >= 0.6 is 15.9 Å². The van der Waals surface area contributed by atoms with E-state index in [1.165, 1.54) is 19.2 Å². The van der Waals surface area contributed by atoms with Crippen molar-refractivity contribution < 1.29 is 23.8 Å². The number of rotatable bonds is 6. The molecule has 0 amide bonds. The normalized spacial score (nSPS) is 10.2. The van der Waals surface area contributed by atoms with E-state index < -0.39 is 5.97 Å². The van der Waals surface area contributed by atoms with Crippen molar-refractivity contribution in [3.05, 3.63) is 51.5 Å². The highest BCUT2D eigenvalue weighted by Crippen LogP contribution is 2.29. The molecule has 0 saturated heterocycles. The van der Waals surface area contributed by atoms with Crippen molar-refractivity contribution in [1.29, 1.82) is 0 Å². The molecule has 2 rings (SSSR count). The fraction of sp³-hybridized carbons (Fsp3) is 0.222. The highest BCUT2D eigenvalue weighted by molar-refractivity contribution is 9.10. The van der Waals surface area contributed by atoms with Crippen molar-refractivity contribution >= 4 is 28.2 Å². The van der Waals surface area contributed by atoms with Gasteiger partial charge in [0.05, 0.1) is 7.11 Å². The molecule has 0 saturated carbocycles. The summed E-state index contributed by atoms with van der Waals surface area (Å²) in [6.45, 7) is 3.57. The molecule has 24 heavy (non-hydrogen) atoms. The zero-order valence-corrected chi connectivity index (χ0v) is 15.2. The summed E-state index contributed by atoms with van der Waals surface area (Å²) in [4.78, 5) is 22.8. The van der Waals surface area contributed by atoms with Crippen LogP contribution < -0.4 is 14.2 Å². The molecule has 0 atom stereocenters. The van der Waals surface area contributed by atoms with Gasteiger partial charge in [-0.3, -0.25) is 4.79 Å². The highest BCUT2D eigenvalue weighted by Gasteiger charge is 2.13. The SMILES string of the molecule is COc1cc(C=O)ccc1OC(=O)COc1c(C)cc(Br)cc1C. The van der Waals surface area contributed by atoms with Gasteiger partial charge in [0.1, 0.15) is 12.0 Å². The third-order valence-electron chi connectivity index (χ3n) is 3.31. The molecular weight excluding hydrogens is 376 g/mol. The van der Waals surface area contributed by atoms with Gasteiger partial charge in [0.15, 0.2) is 18.1 Å². The Morgan fingerprint density at radius 3 is 2.38 bits per heavy atom. The minimum atomic E-state index is -0.561. The Kier molecular flexibility index (Phi) is 5.98. The van der Waals surface area contributed by atoms with Gasteiger partial charge < -0.3 is 14.2 Å². The van der Waals surface area contributed by atoms with E-state index in [4.69, 9.17) is 14.2 Å². The van der Waals surface area contributed by atoms with Crippen LogP contribution in [0, 0.1) is 13.8 Å². The first-order valence-corrected chi connectivity index (χ1v) is 7.97. The topological polar surface area (TPSA) is 61.8 Å². The van der Waals surface area contributed by atoms with E-state index >= 15 is 0 Å². The van der Waals surface area contributed by atoms with Crippen LogP contribution in [0.3, 0.4) is 0 Å². The number of aryl methyl sites for hydroxylation is 2. The van der Waals surface area contributed by atoms with Crippen molar-refractivity contribution in [2.45, 2.75) is 13.8 Å². The third-order valence-corrected chi connectivity index (χ3v) is 3.76. The summed E-state index contributed by atoms with van der Waals surface area (Å²) in [6, 6.07) is 8.38. The Morgan fingerprint density at radius 1 is 1.12 bits per heavy atom. The molecule has 5 nitrogen and oxygen atoms in total. The second-order valence-electron chi connectivity index (χ2n) is 5.16. The smallest absolute Gasteiger partial charge is 0.349 e. The third kappa shape index (κ3) is 4.35. The van der Waals surface area contributed by atoms with Crippen LogP contribution in [0.1, 0.15) is 21.5 Å². The summed E-state index contributed by atoms with van der Waals surface area (Å²) in [5.74, 6) is 0.636. The van der Waals surface area contributed by atoms with E-state index in [2.05, 4.69) is 15.9 Å². The first kappa shape index (κ1) is 18.0. The van der Waals surface area contributed by atoms with E-state index in [-0.39, 0.29) is 12.4 Å². The van der Waals surface area contributed by atoms with Gasteiger partial charge in [-0.25, -0.2) is 4.79 Å². The van der Waals surface area contributed by atoms with Gasteiger partial charge in [0.2, 0.25) is 0 Å². The summed E-state index contributed by atoms with van der Waals surface area (Å²) < 4.78 is 16.9. The molecule has 0 radical (unpaired) electrons. The first-order valence-electron chi connectivity index (χ1n) is 7.18. The second-order valence-corrected chi connectivity index (χ2v) is 6.08. The zero-order chi connectivity index (χ0) is 17.7. The summed E-state index contributed by atoms with van der Waals surface area (Å²) in [7, 11) is 1.44. The number of halogens is 1. The van der Waals surface area contributed by atoms with Crippen LogP contribution in [-0.4, -0.2) is 26.0 Å². The number of esters is 1. The van der Waals surface area contributed by atoms with Crippen molar-refractivity contribution in [2.24, 2.45) is 0 Å². The maximum atomic E-state index is 12.0. The number of hydrogen-bond donors (Lipinski definition) is 0. The number of hydrogen-bond acceptors (Lipinski definition) is 5. The minimum absolute atomic E-state index is 0.234. The monoisotopic (exact) mass is 392 g/mol. The number of aldehydes is 1. The van der Waals surface area contributed by atoms with Crippen molar-refractivity contribution in [3.8, 4) is 17.2 Å². The Morgan fingerprint density at radius 2 is 1.79 bits per heavy atom. The summed E-state index contributed by atoms with van der Waals surface area (Å²) in [5, 5.41) is 0. The maximum absolute atomic E-state index is 12.0. The molecule has 0 aromatic heterocycles. The number of carbonyl (C=O) groups is 2. The molecule has 0 aliphatic carbocycles. The molecule has 0 aliphatic heterocycles. The fourth-order valence-electron chi connectivity index (χ4n) is 2.25.